The van der Waals surface area contributed by atoms with Gasteiger partial charge < -0.3 is 88.1 Å². The Balaban J connectivity index is 1.96. The quantitative estimate of drug-likeness (QED) is 0.0884. The van der Waals surface area contributed by atoms with Crippen LogP contribution in [0.4, 0.5) is 0 Å². The molecule has 0 aromatic rings. The number of guanidine groups is 2. The second-order valence-electron chi connectivity index (χ2n) is 10.0. The van der Waals surface area contributed by atoms with Gasteiger partial charge in [0.2, 0.25) is 0 Å². The van der Waals surface area contributed by atoms with Crippen LogP contribution in [0.25, 0.3) is 0 Å². The Kier molecular flexibility index (Phi) is 10.5. The van der Waals surface area contributed by atoms with E-state index in [0.29, 0.717) is 0 Å². The van der Waals surface area contributed by atoms with Crippen molar-refractivity contribution >= 4 is 11.9 Å². The van der Waals surface area contributed by atoms with Gasteiger partial charge in [-0.25, -0.2) is 9.98 Å². The molecule has 17 N–H and O–H groups in total. The summed E-state index contributed by atoms with van der Waals surface area (Å²) in [5.41, 5.74) is 19.7. The van der Waals surface area contributed by atoms with Crippen molar-refractivity contribution in [3.63, 3.8) is 0 Å². The Morgan fingerprint density at radius 1 is 0.825 bits per heavy atom. The van der Waals surface area contributed by atoms with Crippen LogP contribution in [-0.2, 0) is 18.9 Å². The third-order valence-electron chi connectivity index (χ3n) is 7.49. The zero-order valence-corrected chi connectivity index (χ0v) is 21.9. The molecule has 3 aliphatic rings. The van der Waals surface area contributed by atoms with Crippen LogP contribution in [0.1, 0.15) is 6.92 Å². The average Bonchev–Trinajstić information content (AvgIpc) is 3.13. The van der Waals surface area contributed by atoms with Crippen LogP contribution >= 0.6 is 0 Å². The highest BCUT2D eigenvalue weighted by Gasteiger charge is 2.60. The molecule has 0 unspecified atom stereocenters. The molecule has 19 nitrogen and oxygen atoms in total. The first-order valence-corrected chi connectivity index (χ1v) is 12.5. The molecule has 0 amide bonds. The monoisotopic (exact) mass is 583 g/mol. The lowest BCUT2D eigenvalue weighted by molar-refractivity contribution is -0.317. The average molecular weight is 584 g/mol. The van der Waals surface area contributed by atoms with Crippen molar-refractivity contribution in [1.82, 2.24) is 5.32 Å². The molecule has 2 aliphatic heterocycles. The van der Waals surface area contributed by atoms with Crippen molar-refractivity contribution in [2.75, 3.05) is 20.3 Å². The molecule has 0 radical (unpaired) electrons. The number of nitrogens with two attached hydrogens (primary N) is 4. The van der Waals surface area contributed by atoms with Gasteiger partial charge >= 0.3 is 0 Å². The molecule has 1 saturated carbocycles. The van der Waals surface area contributed by atoms with Gasteiger partial charge in [0.25, 0.3) is 0 Å². The van der Waals surface area contributed by atoms with Crippen LogP contribution < -0.4 is 28.3 Å². The van der Waals surface area contributed by atoms with Crippen LogP contribution in [0.2, 0.25) is 0 Å². The van der Waals surface area contributed by atoms with Gasteiger partial charge in [0.15, 0.2) is 24.5 Å². The number of likely N-dealkylation sites (N-methyl/N-ethyl adjacent to an activating group) is 1. The number of hydrogen-bond donors (Lipinski definition) is 13. The molecule has 0 spiro atoms. The van der Waals surface area contributed by atoms with Gasteiger partial charge in [0.05, 0.1) is 25.4 Å². The number of ether oxygens (including phenoxy) is 4. The lowest BCUT2D eigenvalue weighted by Crippen LogP contribution is -2.66. The summed E-state index contributed by atoms with van der Waals surface area (Å²) in [5.74, 6) is -1.01. The number of nitrogens with one attached hydrogen (secondary N) is 1. The zero-order chi connectivity index (χ0) is 30.1. The molecule has 3 fully saturated rings. The van der Waals surface area contributed by atoms with Crippen LogP contribution in [0.5, 0.6) is 0 Å². The number of rotatable bonds is 9. The summed E-state index contributed by atoms with van der Waals surface area (Å²) in [7, 11) is 1.44. The summed E-state index contributed by atoms with van der Waals surface area (Å²) in [5, 5.41) is 87.0. The van der Waals surface area contributed by atoms with E-state index >= 15 is 0 Å². The van der Waals surface area contributed by atoms with E-state index in [2.05, 4.69) is 15.3 Å². The van der Waals surface area contributed by atoms with Gasteiger partial charge in [-0.3, -0.25) is 0 Å². The molecule has 0 aromatic carbocycles. The molecular formula is C21H41N7O12. The second kappa shape index (κ2) is 12.9. The molecule has 1 aliphatic carbocycles. The fourth-order valence-corrected chi connectivity index (χ4v) is 5.17. The zero-order valence-electron chi connectivity index (χ0n) is 21.9. The molecule has 15 atom stereocenters. The molecule has 40 heavy (non-hydrogen) atoms. The second-order valence-corrected chi connectivity index (χ2v) is 10.0. The van der Waals surface area contributed by atoms with Crippen molar-refractivity contribution in [2.45, 2.75) is 98.2 Å². The van der Waals surface area contributed by atoms with E-state index in [1.54, 1.807) is 0 Å². The van der Waals surface area contributed by atoms with Gasteiger partial charge in [0.1, 0.15) is 66.5 Å². The molecule has 2 saturated heterocycles. The van der Waals surface area contributed by atoms with Crippen LogP contribution in [0.3, 0.4) is 0 Å². The van der Waals surface area contributed by atoms with Crippen molar-refractivity contribution < 1.29 is 59.8 Å². The minimum atomic E-state index is -2.15. The predicted molar refractivity (Wildman–Crippen MR) is 134 cm³/mol. The summed E-state index contributed by atoms with van der Waals surface area (Å²) < 4.78 is 23.2. The number of nitrogens with zero attached hydrogens (tertiary/aromatic N) is 2. The van der Waals surface area contributed by atoms with Crippen molar-refractivity contribution in [3.05, 3.63) is 0 Å². The minimum absolute atomic E-state index is 0.493. The van der Waals surface area contributed by atoms with E-state index in [-0.39, 0.29) is 0 Å². The van der Waals surface area contributed by atoms with Crippen molar-refractivity contribution in [2.24, 2.45) is 32.9 Å². The van der Waals surface area contributed by atoms with E-state index < -0.39 is 116 Å². The SMILES string of the molecule is CN[C@H]1[C@@H](O[C@@H]2[C@H](O[C@H]3[C@@H](O)[C@@H](O)[C@@H](N=C(N)N)[C@@H](O)[C@H]3N=C(N)N)O[C@H](C)[C@]2(O)CO)O[C@@H](CO)[C@@H](O)[C@H]1O. The standard InChI is InChI=1S/C21H41N7O12/c1-5-21(36,4-30)16(40-17-9(26-2)13(34)10(31)6(3-29)38-17)18(37-5)39-15-8(28-20(24)25)11(32)7(27-19(22)23)12(33)14(15)35/h5-18,26,29-36H,3-4H2,1-2H3,(H4,22,23,27)(H4,24,25,28)/t5-,6+,7+,8-,9-,10-,11-,12+,13+,14+,15-,16-,17-,18+,21-/m1/s1. The maximum Gasteiger partial charge on any atom is 0.187 e. The molecule has 2 heterocycles. The number of aliphatic imine (C=N–C) groups is 2. The summed E-state index contributed by atoms with van der Waals surface area (Å²) in [6.45, 7) is -0.199. The van der Waals surface area contributed by atoms with Gasteiger partial charge in [0, 0.05) is 0 Å². The highest BCUT2D eigenvalue weighted by Crippen LogP contribution is 2.39. The molecule has 19 heteroatoms. The van der Waals surface area contributed by atoms with E-state index in [9.17, 15) is 40.9 Å². The first-order valence-electron chi connectivity index (χ1n) is 12.5. The first-order chi connectivity index (χ1) is 18.7. The maximum absolute atomic E-state index is 11.3. The summed E-state index contributed by atoms with van der Waals surface area (Å²) in [4.78, 5) is 7.66. The van der Waals surface area contributed by atoms with Crippen LogP contribution in [0, 0.1) is 0 Å². The fraction of sp³-hybridized carbons (Fsp3) is 0.905. The Morgan fingerprint density at radius 3 is 1.95 bits per heavy atom. The van der Waals surface area contributed by atoms with E-state index in [0.717, 1.165) is 0 Å². The fourth-order valence-electron chi connectivity index (χ4n) is 5.17. The third kappa shape index (κ3) is 6.11. The Bertz CT molecular complexity index is 911. The third-order valence-corrected chi connectivity index (χ3v) is 7.49. The predicted octanol–water partition coefficient (Wildman–Crippen LogP) is -8.37. The number of aliphatic hydroxyl groups is 8. The maximum atomic E-state index is 11.3. The van der Waals surface area contributed by atoms with Gasteiger partial charge in [-0.2, -0.15) is 0 Å². The highest BCUT2D eigenvalue weighted by atomic mass is 16.8. The van der Waals surface area contributed by atoms with Gasteiger partial charge in [-0.05, 0) is 14.0 Å². The smallest absolute Gasteiger partial charge is 0.187 e. The minimum Gasteiger partial charge on any atom is -0.394 e. The Labute approximate surface area is 229 Å². The topological polar surface area (TPSA) is 340 Å². The molecule has 3 rings (SSSR count). The molecular weight excluding hydrogens is 542 g/mol. The highest BCUT2D eigenvalue weighted by molar-refractivity contribution is 5.76. The van der Waals surface area contributed by atoms with Crippen LogP contribution in [-0.4, -0.2) is 164 Å². The van der Waals surface area contributed by atoms with Crippen molar-refractivity contribution in [3.8, 4) is 0 Å². The van der Waals surface area contributed by atoms with Gasteiger partial charge in [-0.1, -0.05) is 0 Å². The molecule has 232 valence electrons. The largest absolute Gasteiger partial charge is 0.394 e. The lowest BCUT2D eigenvalue weighted by atomic mass is 9.81. The van der Waals surface area contributed by atoms with Crippen LogP contribution in [0.15, 0.2) is 9.98 Å². The summed E-state index contributed by atoms with van der Waals surface area (Å²) in [6.07, 6.45) is -16.9. The number of aliphatic hydroxyl groups excluding tert-OH is 7. The number of hydrogen-bond acceptors (Lipinski definition) is 15. The van der Waals surface area contributed by atoms with E-state index in [4.69, 9.17) is 41.9 Å². The molecule has 0 aromatic heterocycles. The lowest BCUT2D eigenvalue weighted by Gasteiger charge is -2.45. The Hall–Kier alpha value is -1.98. The van der Waals surface area contributed by atoms with Crippen molar-refractivity contribution in [1.29, 1.82) is 0 Å². The molecule has 0 bridgehead atoms. The normalized spacial score (nSPS) is 47.5. The summed E-state index contributed by atoms with van der Waals surface area (Å²) >= 11 is 0. The Morgan fingerprint density at radius 2 is 1.43 bits per heavy atom. The first kappa shape index (κ1) is 32.5. The van der Waals surface area contributed by atoms with Gasteiger partial charge in [-0.15, -0.1) is 0 Å². The van der Waals surface area contributed by atoms with E-state index in [1.807, 2.05) is 0 Å². The van der Waals surface area contributed by atoms with E-state index in [1.165, 1.54) is 14.0 Å². The summed E-state index contributed by atoms with van der Waals surface area (Å²) in [6, 6.07) is -4.00.